The van der Waals surface area contributed by atoms with E-state index in [2.05, 4.69) is 14.8 Å². The topological polar surface area (TPSA) is 65.9 Å². The molecule has 2 heterocycles. The number of β-amino-alcohol motifs (C(OH)–C–C–N with tert-alkyl or cyclic N) is 1. The molecule has 1 aromatic carbocycles. The number of carbonyl (C=O) groups excluding carboxylic acids is 1. The molecule has 0 atom stereocenters. The van der Waals surface area contributed by atoms with Crippen LogP contribution < -0.4 is 4.90 Å². The van der Waals surface area contributed by atoms with E-state index in [1.165, 1.54) is 0 Å². The van der Waals surface area contributed by atoms with Crippen molar-refractivity contribution in [1.82, 2.24) is 9.88 Å². The number of aliphatic hydroxyl groups is 1. The highest BCUT2D eigenvalue weighted by atomic mass is 35.5. The molecule has 1 aromatic heterocycles. The second kappa shape index (κ2) is 7.99. The Morgan fingerprint density at radius 1 is 1.32 bits per heavy atom. The summed E-state index contributed by atoms with van der Waals surface area (Å²) < 4.78 is 5.22. The smallest absolute Gasteiger partial charge is 0.341 e. The second-order valence-corrected chi connectivity index (χ2v) is 6.39. The fourth-order valence-electron chi connectivity index (χ4n) is 3.19. The van der Waals surface area contributed by atoms with E-state index < -0.39 is 0 Å². The minimum absolute atomic E-state index is 0.155. The average Bonchev–Trinajstić information content (AvgIpc) is 2.62. The minimum atomic E-state index is -0.371. The minimum Gasteiger partial charge on any atom is -0.462 e. The van der Waals surface area contributed by atoms with E-state index in [4.69, 9.17) is 21.4 Å². The molecular formula is C18H22ClN3O3. The predicted octanol–water partition coefficient (Wildman–Crippen LogP) is 2.18. The molecule has 0 unspecified atom stereocenters. The summed E-state index contributed by atoms with van der Waals surface area (Å²) in [7, 11) is 0. The molecular weight excluding hydrogens is 342 g/mol. The zero-order valence-electron chi connectivity index (χ0n) is 14.2. The quantitative estimate of drug-likeness (QED) is 0.821. The van der Waals surface area contributed by atoms with Gasteiger partial charge in [-0.05, 0) is 25.1 Å². The maximum absolute atomic E-state index is 12.4. The summed E-state index contributed by atoms with van der Waals surface area (Å²) in [6.07, 6.45) is 1.59. The van der Waals surface area contributed by atoms with Crippen molar-refractivity contribution >= 4 is 34.2 Å². The zero-order valence-corrected chi connectivity index (χ0v) is 15.0. The number of aliphatic hydroxyl groups excluding tert-OH is 1. The fraction of sp³-hybridized carbons (Fsp3) is 0.444. The van der Waals surface area contributed by atoms with Crippen LogP contribution in [0.25, 0.3) is 10.9 Å². The van der Waals surface area contributed by atoms with Crippen LogP contribution in [0.15, 0.2) is 24.4 Å². The SMILES string of the molecule is CCOC(=O)c1cnc2ccc(Cl)cc2c1N1CCN(CCO)CC1. The Bertz CT molecular complexity index is 761. The van der Waals surface area contributed by atoms with Crippen LogP contribution >= 0.6 is 11.6 Å². The van der Waals surface area contributed by atoms with Gasteiger partial charge in [0.2, 0.25) is 0 Å². The molecule has 1 aliphatic rings. The number of hydrogen-bond donors (Lipinski definition) is 1. The third kappa shape index (κ3) is 3.86. The molecule has 0 bridgehead atoms. The Balaban J connectivity index is 2.02. The second-order valence-electron chi connectivity index (χ2n) is 5.95. The molecule has 7 heteroatoms. The van der Waals surface area contributed by atoms with Crippen molar-refractivity contribution < 1.29 is 14.6 Å². The molecule has 6 nitrogen and oxygen atoms in total. The van der Waals surface area contributed by atoms with Gasteiger partial charge >= 0.3 is 5.97 Å². The number of anilines is 1. The van der Waals surface area contributed by atoms with E-state index >= 15 is 0 Å². The summed E-state index contributed by atoms with van der Waals surface area (Å²) in [4.78, 5) is 21.2. The maximum Gasteiger partial charge on any atom is 0.341 e. The predicted molar refractivity (Wildman–Crippen MR) is 98.4 cm³/mol. The van der Waals surface area contributed by atoms with Crippen molar-refractivity contribution in [2.24, 2.45) is 0 Å². The Labute approximate surface area is 152 Å². The number of pyridine rings is 1. The molecule has 0 amide bonds. The Morgan fingerprint density at radius 2 is 2.08 bits per heavy atom. The van der Waals surface area contributed by atoms with Gasteiger partial charge in [0.25, 0.3) is 0 Å². The summed E-state index contributed by atoms with van der Waals surface area (Å²) in [5.74, 6) is -0.371. The van der Waals surface area contributed by atoms with Gasteiger partial charge in [-0.15, -0.1) is 0 Å². The van der Waals surface area contributed by atoms with Crippen molar-refractivity contribution in [3.8, 4) is 0 Å². The lowest BCUT2D eigenvalue weighted by molar-refractivity contribution is 0.0526. The normalized spacial score (nSPS) is 15.6. The van der Waals surface area contributed by atoms with Crippen LogP contribution in [0, 0.1) is 0 Å². The van der Waals surface area contributed by atoms with Crippen LogP contribution in [0.5, 0.6) is 0 Å². The van der Waals surface area contributed by atoms with Crippen molar-refractivity contribution in [3.63, 3.8) is 0 Å². The number of rotatable bonds is 5. The molecule has 25 heavy (non-hydrogen) atoms. The number of benzene rings is 1. The molecule has 3 rings (SSSR count). The van der Waals surface area contributed by atoms with E-state index in [9.17, 15) is 4.79 Å². The number of halogens is 1. The number of ether oxygens (including phenoxy) is 1. The number of piperazine rings is 1. The number of nitrogens with zero attached hydrogens (tertiary/aromatic N) is 3. The van der Waals surface area contributed by atoms with Crippen molar-refractivity contribution in [1.29, 1.82) is 0 Å². The van der Waals surface area contributed by atoms with Crippen LogP contribution in [0.4, 0.5) is 5.69 Å². The van der Waals surface area contributed by atoms with Gasteiger partial charge in [0.15, 0.2) is 0 Å². The van der Waals surface area contributed by atoms with Gasteiger partial charge < -0.3 is 14.7 Å². The van der Waals surface area contributed by atoms with E-state index in [1.807, 2.05) is 12.1 Å². The molecule has 134 valence electrons. The first-order chi connectivity index (χ1) is 12.1. The molecule has 0 saturated carbocycles. The zero-order chi connectivity index (χ0) is 17.8. The molecule has 0 spiro atoms. The molecule has 2 aromatic rings. The average molecular weight is 364 g/mol. The summed E-state index contributed by atoms with van der Waals surface area (Å²) in [5, 5.41) is 10.6. The molecule has 1 N–H and O–H groups in total. The molecule has 1 saturated heterocycles. The van der Waals surface area contributed by atoms with Gasteiger partial charge in [-0.3, -0.25) is 9.88 Å². The highest BCUT2D eigenvalue weighted by molar-refractivity contribution is 6.31. The molecule has 1 fully saturated rings. The largest absolute Gasteiger partial charge is 0.462 e. The highest BCUT2D eigenvalue weighted by Gasteiger charge is 2.24. The number of hydrogen-bond acceptors (Lipinski definition) is 6. The first-order valence-corrected chi connectivity index (χ1v) is 8.85. The standard InChI is InChI=1S/C18H22ClN3O3/c1-2-25-18(24)15-12-20-16-4-3-13(19)11-14(16)17(15)22-7-5-21(6-8-22)9-10-23/h3-4,11-12,23H,2,5-10H2,1H3. The molecule has 0 aliphatic carbocycles. The molecule has 0 radical (unpaired) electrons. The highest BCUT2D eigenvalue weighted by Crippen LogP contribution is 2.32. The van der Waals surface area contributed by atoms with Crippen molar-refractivity contribution in [2.45, 2.75) is 6.92 Å². The van der Waals surface area contributed by atoms with E-state index in [1.54, 1.807) is 19.2 Å². The lowest BCUT2D eigenvalue weighted by Crippen LogP contribution is -2.47. The third-order valence-electron chi connectivity index (χ3n) is 4.40. The van der Waals surface area contributed by atoms with Gasteiger partial charge in [-0.2, -0.15) is 0 Å². The Morgan fingerprint density at radius 3 is 2.76 bits per heavy atom. The Hall–Kier alpha value is -1.89. The first-order valence-electron chi connectivity index (χ1n) is 8.47. The van der Waals surface area contributed by atoms with Crippen LogP contribution in [0.3, 0.4) is 0 Å². The lowest BCUT2D eigenvalue weighted by atomic mass is 10.1. The van der Waals surface area contributed by atoms with Gasteiger partial charge in [0.05, 0.1) is 24.4 Å². The van der Waals surface area contributed by atoms with Crippen LogP contribution in [0.1, 0.15) is 17.3 Å². The Kier molecular flexibility index (Phi) is 5.73. The maximum atomic E-state index is 12.4. The van der Waals surface area contributed by atoms with E-state index in [-0.39, 0.29) is 12.6 Å². The summed E-state index contributed by atoms with van der Waals surface area (Å²) in [5.41, 5.74) is 2.09. The molecule has 1 aliphatic heterocycles. The van der Waals surface area contributed by atoms with E-state index in [0.717, 1.165) is 42.8 Å². The number of aromatic nitrogens is 1. The number of fused-ring (bicyclic) bond motifs is 1. The van der Waals surface area contributed by atoms with Crippen LogP contribution in [-0.2, 0) is 4.74 Å². The van der Waals surface area contributed by atoms with Gasteiger partial charge in [0, 0.05) is 49.3 Å². The van der Waals surface area contributed by atoms with Gasteiger partial charge in [-0.25, -0.2) is 4.79 Å². The van der Waals surface area contributed by atoms with Gasteiger partial charge in [0.1, 0.15) is 5.56 Å². The van der Waals surface area contributed by atoms with Crippen molar-refractivity contribution in [2.75, 3.05) is 50.8 Å². The fourth-order valence-corrected chi connectivity index (χ4v) is 3.36. The van der Waals surface area contributed by atoms with Crippen LogP contribution in [0.2, 0.25) is 5.02 Å². The summed E-state index contributed by atoms with van der Waals surface area (Å²) in [6, 6.07) is 5.50. The van der Waals surface area contributed by atoms with Crippen molar-refractivity contribution in [3.05, 3.63) is 35.0 Å². The lowest BCUT2D eigenvalue weighted by Gasteiger charge is -2.37. The number of esters is 1. The van der Waals surface area contributed by atoms with Gasteiger partial charge in [-0.1, -0.05) is 11.6 Å². The number of carbonyl (C=O) groups is 1. The monoisotopic (exact) mass is 363 g/mol. The summed E-state index contributed by atoms with van der Waals surface area (Å²) >= 11 is 6.19. The van der Waals surface area contributed by atoms with Crippen LogP contribution in [-0.4, -0.2) is 66.9 Å². The summed E-state index contributed by atoms with van der Waals surface area (Å²) in [6.45, 7) is 6.10. The van der Waals surface area contributed by atoms with E-state index in [0.29, 0.717) is 23.7 Å². The third-order valence-corrected chi connectivity index (χ3v) is 4.64. The first kappa shape index (κ1) is 17.9.